The quantitative estimate of drug-likeness (QED) is 0.820. The zero-order valence-corrected chi connectivity index (χ0v) is 8.28. The van der Waals surface area contributed by atoms with E-state index in [1.165, 1.54) is 11.3 Å². The number of hydrogen-bond acceptors (Lipinski definition) is 3. The molecule has 2 aromatic rings. The highest BCUT2D eigenvalue weighted by atomic mass is 32.1. The fourth-order valence-corrected chi connectivity index (χ4v) is 2.00. The molecule has 0 aromatic carbocycles. The number of rotatable bonds is 2. The van der Waals surface area contributed by atoms with Crippen LogP contribution in [0.25, 0.3) is 5.13 Å². The van der Waals surface area contributed by atoms with E-state index in [1.807, 2.05) is 12.3 Å². The number of aromatic nitrogens is 2. The largest absolute Gasteiger partial charge is 0.477 e. The summed E-state index contributed by atoms with van der Waals surface area (Å²) in [6.45, 7) is 1.86. The van der Waals surface area contributed by atoms with Crippen LogP contribution in [-0.4, -0.2) is 20.6 Å². The summed E-state index contributed by atoms with van der Waals surface area (Å²) in [6.07, 6.45) is 1.66. The van der Waals surface area contributed by atoms with Crippen LogP contribution in [0, 0.1) is 6.92 Å². The summed E-state index contributed by atoms with van der Waals surface area (Å²) < 4.78 is 1.63. The third-order valence-electron chi connectivity index (χ3n) is 1.91. The number of hydrogen-bond donors (Lipinski definition) is 1. The van der Waals surface area contributed by atoms with E-state index in [1.54, 1.807) is 22.9 Å². The van der Waals surface area contributed by atoms with Crippen LogP contribution in [0.2, 0.25) is 0 Å². The first-order valence-corrected chi connectivity index (χ1v) is 4.89. The lowest BCUT2D eigenvalue weighted by atomic mass is 10.4. The van der Waals surface area contributed by atoms with Crippen molar-refractivity contribution in [3.05, 3.63) is 35.1 Å². The van der Waals surface area contributed by atoms with Crippen molar-refractivity contribution in [2.24, 2.45) is 0 Å². The lowest BCUT2D eigenvalue weighted by Crippen LogP contribution is -2.07. The summed E-state index contributed by atoms with van der Waals surface area (Å²) in [5.41, 5.74) is 1.12. The number of carboxylic acid groups (broad SMARTS) is 1. The summed E-state index contributed by atoms with van der Waals surface area (Å²) in [5.74, 6) is -0.937. The Labute approximate surface area is 84.5 Å². The third-order valence-corrected chi connectivity index (χ3v) is 2.66. The molecule has 4 nitrogen and oxygen atoms in total. The Hall–Kier alpha value is -1.62. The Morgan fingerprint density at radius 2 is 2.36 bits per heavy atom. The van der Waals surface area contributed by atoms with Crippen molar-refractivity contribution in [2.75, 3.05) is 0 Å². The summed E-state index contributed by atoms with van der Waals surface area (Å²) in [5, 5.41) is 11.4. The van der Waals surface area contributed by atoms with Gasteiger partial charge in [0.1, 0.15) is 5.69 Å². The Morgan fingerprint density at radius 3 is 2.93 bits per heavy atom. The van der Waals surface area contributed by atoms with E-state index in [2.05, 4.69) is 4.98 Å². The van der Waals surface area contributed by atoms with Gasteiger partial charge in [-0.05, 0) is 19.1 Å². The fourth-order valence-electron chi connectivity index (χ4n) is 1.29. The van der Waals surface area contributed by atoms with E-state index < -0.39 is 5.97 Å². The molecule has 0 saturated heterocycles. The molecule has 0 radical (unpaired) electrons. The maximum absolute atomic E-state index is 10.9. The molecule has 1 N–H and O–H groups in total. The van der Waals surface area contributed by atoms with Gasteiger partial charge < -0.3 is 5.11 Å². The number of carbonyl (C=O) groups is 1. The molecule has 0 aliphatic carbocycles. The Morgan fingerprint density at radius 1 is 1.57 bits per heavy atom. The molecule has 2 rings (SSSR count). The first kappa shape index (κ1) is 8.96. The number of aromatic carboxylic acids is 1. The van der Waals surface area contributed by atoms with E-state index in [9.17, 15) is 4.79 Å². The molecule has 0 unspecified atom stereocenters. The topological polar surface area (TPSA) is 55.1 Å². The van der Waals surface area contributed by atoms with E-state index >= 15 is 0 Å². The van der Waals surface area contributed by atoms with Crippen LogP contribution in [0.3, 0.4) is 0 Å². The van der Waals surface area contributed by atoms with Crippen LogP contribution in [0.5, 0.6) is 0 Å². The zero-order valence-electron chi connectivity index (χ0n) is 7.47. The van der Waals surface area contributed by atoms with Crippen molar-refractivity contribution in [1.29, 1.82) is 0 Å². The molecule has 0 aliphatic heterocycles. The highest BCUT2D eigenvalue weighted by Crippen LogP contribution is 2.18. The van der Waals surface area contributed by atoms with Crippen molar-refractivity contribution in [2.45, 2.75) is 6.92 Å². The van der Waals surface area contributed by atoms with Crippen molar-refractivity contribution in [3.63, 3.8) is 0 Å². The van der Waals surface area contributed by atoms with Crippen LogP contribution in [0.15, 0.2) is 23.7 Å². The Bertz CT molecular complexity index is 459. The number of thiazole rings is 1. The Kier molecular flexibility index (Phi) is 2.09. The predicted octanol–water partition coefficient (Wildman–Crippen LogP) is 1.94. The molecule has 0 atom stereocenters. The van der Waals surface area contributed by atoms with Gasteiger partial charge in [-0.2, -0.15) is 0 Å². The van der Waals surface area contributed by atoms with Crippen molar-refractivity contribution < 1.29 is 9.90 Å². The molecule has 0 saturated carbocycles. The van der Waals surface area contributed by atoms with Gasteiger partial charge in [0.15, 0.2) is 5.13 Å². The first-order valence-electron chi connectivity index (χ1n) is 4.01. The van der Waals surface area contributed by atoms with E-state index in [0.29, 0.717) is 5.13 Å². The second-order valence-corrected chi connectivity index (χ2v) is 3.69. The third kappa shape index (κ3) is 1.31. The molecular formula is C9H8N2O2S. The molecule has 72 valence electrons. The zero-order chi connectivity index (χ0) is 10.1. The molecule has 0 aliphatic rings. The van der Waals surface area contributed by atoms with Crippen LogP contribution >= 0.6 is 11.3 Å². The van der Waals surface area contributed by atoms with Crippen molar-refractivity contribution >= 4 is 17.3 Å². The van der Waals surface area contributed by atoms with Crippen molar-refractivity contribution in [3.8, 4) is 5.13 Å². The second kappa shape index (κ2) is 3.26. The lowest BCUT2D eigenvalue weighted by Gasteiger charge is -2.03. The highest BCUT2D eigenvalue weighted by molar-refractivity contribution is 7.12. The fraction of sp³-hybridized carbons (Fsp3) is 0.111. The SMILES string of the molecule is Cc1ccc(C(=O)O)n1-c1nccs1. The summed E-state index contributed by atoms with van der Waals surface area (Å²) >= 11 is 1.41. The lowest BCUT2D eigenvalue weighted by molar-refractivity contribution is 0.0688. The van der Waals surface area contributed by atoms with Gasteiger partial charge in [0.25, 0.3) is 0 Å². The minimum atomic E-state index is -0.937. The van der Waals surface area contributed by atoms with Crippen molar-refractivity contribution in [1.82, 2.24) is 9.55 Å². The van der Waals surface area contributed by atoms with Gasteiger partial charge in [0.05, 0.1) is 0 Å². The molecule has 5 heteroatoms. The van der Waals surface area contributed by atoms with E-state index in [0.717, 1.165) is 5.69 Å². The van der Waals surface area contributed by atoms with Gasteiger partial charge in [0.2, 0.25) is 0 Å². The molecule has 14 heavy (non-hydrogen) atoms. The van der Waals surface area contributed by atoms with Crippen LogP contribution < -0.4 is 0 Å². The summed E-state index contributed by atoms with van der Waals surface area (Å²) in [7, 11) is 0. The molecule has 2 heterocycles. The minimum Gasteiger partial charge on any atom is -0.477 e. The summed E-state index contributed by atoms with van der Waals surface area (Å²) in [6, 6.07) is 3.35. The van der Waals surface area contributed by atoms with Gasteiger partial charge in [-0.3, -0.25) is 4.57 Å². The van der Waals surface area contributed by atoms with E-state index in [4.69, 9.17) is 5.11 Å². The molecule has 0 amide bonds. The van der Waals surface area contributed by atoms with Gasteiger partial charge in [-0.15, -0.1) is 11.3 Å². The monoisotopic (exact) mass is 208 g/mol. The highest BCUT2D eigenvalue weighted by Gasteiger charge is 2.14. The average molecular weight is 208 g/mol. The van der Waals surface area contributed by atoms with Crippen LogP contribution in [-0.2, 0) is 0 Å². The van der Waals surface area contributed by atoms with Gasteiger partial charge in [-0.25, -0.2) is 9.78 Å². The van der Waals surface area contributed by atoms with Gasteiger partial charge in [0, 0.05) is 17.3 Å². The molecule has 0 fully saturated rings. The van der Waals surface area contributed by atoms with Gasteiger partial charge in [-0.1, -0.05) is 0 Å². The maximum Gasteiger partial charge on any atom is 0.352 e. The minimum absolute atomic E-state index is 0.248. The summed E-state index contributed by atoms with van der Waals surface area (Å²) in [4.78, 5) is 15.0. The molecule has 0 spiro atoms. The normalized spacial score (nSPS) is 10.4. The average Bonchev–Trinajstić information content (AvgIpc) is 2.71. The number of carboxylic acids is 1. The van der Waals surface area contributed by atoms with E-state index in [-0.39, 0.29) is 5.69 Å². The predicted molar refractivity (Wildman–Crippen MR) is 53.1 cm³/mol. The second-order valence-electron chi connectivity index (χ2n) is 2.82. The maximum atomic E-state index is 10.9. The van der Waals surface area contributed by atoms with Gasteiger partial charge >= 0.3 is 5.97 Å². The van der Waals surface area contributed by atoms with Crippen LogP contribution in [0.1, 0.15) is 16.2 Å². The molecular weight excluding hydrogens is 200 g/mol. The Balaban J connectivity index is 2.62. The first-order chi connectivity index (χ1) is 6.70. The van der Waals surface area contributed by atoms with Crippen LogP contribution in [0.4, 0.5) is 0 Å². The number of nitrogens with zero attached hydrogens (tertiary/aromatic N) is 2. The standard InChI is InChI=1S/C9H8N2O2S/c1-6-2-3-7(8(12)13)11(6)9-10-4-5-14-9/h2-5H,1H3,(H,12,13). The molecule has 0 bridgehead atoms. The smallest absolute Gasteiger partial charge is 0.352 e. The number of aryl methyl sites for hydroxylation is 1. The molecule has 2 aromatic heterocycles.